The van der Waals surface area contributed by atoms with Gasteiger partial charge in [-0.25, -0.2) is 0 Å². The molecule has 4 heteroatoms. The maximum atomic E-state index is 12.9. The third-order valence-electron chi connectivity index (χ3n) is 6.44. The molecule has 0 saturated carbocycles. The lowest BCUT2D eigenvalue weighted by atomic mass is 9.87. The average molecular weight is 437 g/mol. The van der Waals surface area contributed by atoms with E-state index >= 15 is 0 Å². The number of nitrogens with zero attached hydrogens (tertiary/aromatic N) is 1. The van der Waals surface area contributed by atoms with Gasteiger partial charge in [0.05, 0.1) is 6.04 Å². The van der Waals surface area contributed by atoms with E-state index < -0.39 is 6.10 Å². The fraction of sp³-hybridized carbons (Fsp3) is 0.536. The third kappa shape index (κ3) is 6.27. The Kier molecular flexibility index (Phi) is 7.86. The van der Waals surface area contributed by atoms with Crippen LogP contribution in [-0.2, 0) is 10.2 Å². The van der Waals surface area contributed by atoms with Crippen molar-refractivity contribution in [1.82, 2.24) is 5.32 Å². The fourth-order valence-corrected chi connectivity index (χ4v) is 4.31. The molecule has 32 heavy (non-hydrogen) atoms. The Balaban J connectivity index is 1.58. The molecule has 1 fully saturated rings. The zero-order chi connectivity index (χ0) is 23.3. The molecule has 0 bridgehead atoms. The lowest BCUT2D eigenvalue weighted by Crippen LogP contribution is -2.39. The molecule has 1 heterocycles. The highest BCUT2D eigenvalue weighted by Gasteiger charge is 2.22. The Morgan fingerprint density at radius 3 is 2.34 bits per heavy atom. The first-order chi connectivity index (χ1) is 15.2. The lowest BCUT2D eigenvalue weighted by Gasteiger charge is -2.33. The number of anilines is 1. The van der Waals surface area contributed by atoms with Gasteiger partial charge in [0.2, 0.25) is 0 Å². The van der Waals surface area contributed by atoms with Gasteiger partial charge in [-0.15, -0.1) is 0 Å². The summed E-state index contributed by atoms with van der Waals surface area (Å²) in [7, 11) is 0. The first-order valence-corrected chi connectivity index (χ1v) is 12.1. The van der Waals surface area contributed by atoms with Crippen molar-refractivity contribution in [2.24, 2.45) is 5.92 Å². The van der Waals surface area contributed by atoms with Crippen LogP contribution < -0.4 is 15.0 Å². The van der Waals surface area contributed by atoms with Crippen molar-refractivity contribution in [1.29, 1.82) is 0 Å². The minimum absolute atomic E-state index is 0.0715. The number of rotatable bonds is 7. The van der Waals surface area contributed by atoms with Gasteiger partial charge in [-0.1, -0.05) is 58.9 Å². The predicted molar refractivity (Wildman–Crippen MR) is 133 cm³/mol. The number of benzene rings is 2. The van der Waals surface area contributed by atoms with Gasteiger partial charge in [0, 0.05) is 18.8 Å². The Morgan fingerprint density at radius 1 is 1.12 bits per heavy atom. The summed E-state index contributed by atoms with van der Waals surface area (Å²) in [4.78, 5) is 15.4. The smallest absolute Gasteiger partial charge is 0.261 e. The summed E-state index contributed by atoms with van der Waals surface area (Å²) in [5.41, 5.74) is 3.72. The monoisotopic (exact) mass is 436 g/mol. The van der Waals surface area contributed by atoms with Crippen molar-refractivity contribution < 1.29 is 9.53 Å². The Labute approximate surface area is 194 Å². The molecule has 0 aromatic heterocycles. The molecule has 1 saturated heterocycles. The molecule has 2 aromatic rings. The highest BCUT2D eigenvalue weighted by molar-refractivity contribution is 5.81. The molecule has 1 aliphatic rings. The maximum Gasteiger partial charge on any atom is 0.261 e. The van der Waals surface area contributed by atoms with Crippen LogP contribution in [0.15, 0.2) is 48.5 Å². The topological polar surface area (TPSA) is 41.6 Å². The van der Waals surface area contributed by atoms with Crippen LogP contribution in [0.5, 0.6) is 5.75 Å². The summed E-state index contributed by atoms with van der Waals surface area (Å²) in [6.45, 7) is 15.1. The van der Waals surface area contributed by atoms with E-state index in [4.69, 9.17) is 4.74 Å². The van der Waals surface area contributed by atoms with Crippen molar-refractivity contribution in [3.8, 4) is 5.75 Å². The minimum atomic E-state index is -0.507. The van der Waals surface area contributed by atoms with Crippen molar-refractivity contribution in [3.05, 3.63) is 59.7 Å². The summed E-state index contributed by atoms with van der Waals surface area (Å²) in [6.07, 6.45) is 2.68. The second kappa shape index (κ2) is 10.4. The molecule has 0 aliphatic carbocycles. The molecule has 0 unspecified atom stereocenters. The van der Waals surface area contributed by atoms with E-state index in [0.29, 0.717) is 6.42 Å². The SMILES string of the molecule is CC[C@H](Oc1ccc(C(C)(C)C)cc1)C(=O)N[C@@H](C)c1ccc(N2CCC[C@@H](C)C2)cc1. The molecule has 4 nitrogen and oxygen atoms in total. The summed E-state index contributed by atoms with van der Waals surface area (Å²) in [6, 6.07) is 16.6. The van der Waals surface area contributed by atoms with Gasteiger partial charge in [-0.05, 0) is 72.9 Å². The van der Waals surface area contributed by atoms with Crippen LogP contribution in [0.25, 0.3) is 0 Å². The van der Waals surface area contributed by atoms with Crippen molar-refractivity contribution >= 4 is 11.6 Å². The first kappa shape index (κ1) is 24.2. The number of amides is 1. The number of ether oxygens (including phenoxy) is 1. The van der Waals surface area contributed by atoms with E-state index in [1.165, 1.54) is 24.1 Å². The van der Waals surface area contributed by atoms with Crippen LogP contribution >= 0.6 is 0 Å². The number of hydrogen-bond acceptors (Lipinski definition) is 3. The third-order valence-corrected chi connectivity index (χ3v) is 6.44. The average Bonchev–Trinajstić information content (AvgIpc) is 2.77. The second-order valence-electron chi connectivity index (χ2n) is 10.3. The second-order valence-corrected chi connectivity index (χ2v) is 10.3. The normalized spacial score (nSPS) is 18.7. The van der Waals surface area contributed by atoms with Gasteiger partial charge < -0.3 is 15.0 Å². The van der Waals surface area contributed by atoms with Crippen LogP contribution in [0.1, 0.15) is 78.0 Å². The van der Waals surface area contributed by atoms with Crippen LogP contribution in [-0.4, -0.2) is 25.1 Å². The van der Waals surface area contributed by atoms with Gasteiger partial charge in [-0.2, -0.15) is 0 Å². The quantitative estimate of drug-likeness (QED) is 0.557. The molecule has 1 aliphatic heterocycles. The molecular formula is C28H40N2O2. The summed E-state index contributed by atoms with van der Waals surface area (Å²) >= 11 is 0. The Bertz CT molecular complexity index is 868. The van der Waals surface area contributed by atoms with E-state index in [0.717, 1.165) is 30.3 Å². The van der Waals surface area contributed by atoms with Crippen LogP contribution in [0, 0.1) is 5.92 Å². The number of nitrogens with one attached hydrogen (secondary N) is 1. The highest BCUT2D eigenvalue weighted by atomic mass is 16.5. The number of piperidine rings is 1. The van der Waals surface area contributed by atoms with Gasteiger partial charge in [0.15, 0.2) is 6.10 Å². The van der Waals surface area contributed by atoms with Gasteiger partial charge in [-0.3, -0.25) is 4.79 Å². The fourth-order valence-electron chi connectivity index (χ4n) is 4.31. The van der Waals surface area contributed by atoms with E-state index in [2.05, 4.69) is 74.3 Å². The van der Waals surface area contributed by atoms with Crippen LogP contribution in [0.3, 0.4) is 0 Å². The largest absolute Gasteiger partial charge is 0.481 e. The molecule has 174 valence electrons. The van der Waals surface area contributed by atoms with E-state index in [1.807, 2.05) is 26.0 Å². The van der Waals surface area contributed by atoms with E-state index in [9.17, 15) is 4.79 Å². The van der Waals surface area contributed by atoms with Gasteiger partial charge in [0.25, 0.3) is 5.91 Å². The Morgan fingerprint density at radius 2 is 1.78 bits per heavy atom. The van der Waals surface area contributed by atoms with Crippen molar-refractivity contribution in [2.45, 2.75) is 78.4 Å². The van der Waals surface area contributed by atoms with E-state index in [-0.39, 0.29) is 17.4 Å². The molecule has 0 radical (unpaired) electrons. The standard InChI is InChI=1S/C28H40N2O2/c1-7-26(32-25-16-12-23(13-17-25)28(4,5)6)27(31)29-21(3)22-10-14-24(15-11-22)30-18-8-9-20(2)19-30/h10-17,20-21,26H,7-9,18-19H2,1-6H3,(H,29,31)/t20-,21+,26+/m1/s1. The zero-order valence-electron chi connectivity index (χ0n) is 20.7. The summed E-state index contributed by atoms with van der Waals surface area (Å²) in [5.74, 6) is 1.40. The molecule has 3 atom stereocenters. The Hall–Kier alpha value is -2.49. The number of hydrogen-bond donors (Lipinski definition) is 1. The van der Waals surface area contributed by atoms with Crippen LogP contribution in [0.2, 0.25) is 0 Å². The van der Waals surface area contributed by atoms with Gasteiger partial charge in [0.1, 0.15) is 5.75 Å². The molecular weight excluding hydrogens is 396 g/mol. The van der Waals surface area contributed by atoms with Crippen LogP contribution in [0.4, 0.5) is 5.69 Å². The zero-order valence-corrected chi connectivity index (χ0v) is 20.7. The van der Waals surface area contributed by atoms with Crippen molar-refractivity contribution in [2.75, 3.05) is 18.0 Å². The number of carbonyl (C=O) groups is 1. The highest BCUT2D eigenvalue weighted by Crippen LogP contribution is 2.26. The predicted octanol–water partition coefficient (Wildman–Crippen LogP) is 6.26. The molecule has 2 aromatic carbocycles. The summed E-state index contributed by atoms with van der Waals surface area (Å²) < 4.78 is 6.02. The molecule has 0 spiro atoms. The summed E-state index contributed by atoms with van der Waals surface area (Å²) in [5, 5.41) is 3.13. The molecule has 1 N–H and O–H groups in total. The number of carbonyl (C=O) groups excluding carboxylic acids is 1. The first-order valence-electron chi connectivity index (χ1n) is 12.1. The van der Waals surface area contributed by atoms with Crippen molar-refractivity contribution in [3.63, 3.8) is 0 Å². The van der Waals surface area contributed by atoms with Gasteiger partial charge >= 0.3 is 0 Å². The maximum absolute atomic E-state index is 12.9. The lowest BCUT2D eigenvalue weighted by molar-refractivity contribution is -0.128. The minimum Gasteiger partial charge on any atom is -0.481 e. The molecule has 3 rings (SSSR count). The molecule has 1 amide bonds. The van der Waals surface area contributed by atoms with E-state index in [1.54, 1.807) is 0 Å².